The molecule has 0 unspecified atom stereocenters. The lowest BCUT2D eigenvalue weighted by atomic mass is 9.94. The Morgan fingerprint density at radius 3 is 1.66 bits per heavy atom. The second-order valence-corrected chi connectivity index (χ2v) is 19.9. The number of rotatable bonds is 8. The number of benzene rings is 9. The number of aromatic nitrogens is 4. The first kappa shape index (κ1) is 37.4. The maximum absolute atomic E-state index is 6.28. The summed E-state index contributed by atoms with van der Waals surface area (Å²) in [6.45, 7) is 0. The molecule has 0 aliphatic carbocycles. The lowest BCUT2D eigenvalue weighted by Crippen LogP contribution is -2.75. The molecule has 0 amide bonds. The summed E-state index contributed by atoms with van der Waals surface area (Å²) in [6, 6.07) is 79.2. The summed E-state index contributed by atoms with van der Waals surface area (Å²) in [6.07, 6.45) is 2.03. The summed E-state index contributed by atoms with van der Waals surface area (Å²) < 4.78 is 6.28. The van der Waals surface area contributed by atoms with Crippen LogP contribution in [0.15, 0.2) is 235 Å². The minimum Gasteiger partial charge on any atom is -0.456 e. The molecule has 12 aromatic rings. The molecule has 0 radical (unpaired) electrons. The fraction of sp³-hybridized carbons (Fsp3) is 0. The van der Waals surface area contributed by atoms with E-state index in [1.807, 2.05) is 42.6 Å². The molecule has 0 bridgehead atoms. The topological polar surface area (TPSA) is 64.7 Å². The fourth-order valence-electron chi connectivity index (χ4n) is 9.51. The molecule has 3 aromatic heterocycles. The molecule has 0 saturated carbocycles. The molecule has 300 valence electrons. The van der Waals surface area contributed by atoms with Crippen LogP contribution in [0, 0.1) is 0 Å². The van der Waals surface area contributed by atoms with Crippen molar-refractivity contribution >= 4 is 72.4 Å². The third kappa shape index (κ3) is 6.31. The van der Waals surface area contributed by atoms with Gasteiger partial charge in [0, 0.05) is 39.0 Å². The van der Waals surface area contributed by atoms with Gasteiger partial charge in [-0.1, -0.05) is 200 Å². The second kappa shape index (κ2) is 15.5. The van der Waals surface area contributed by atoms with Crippen molar-refractivity contribution in [1.29, 1.82) is 0 Å². The van der Waals surface area contributed by atoms with Crippen molar-refractivity contribution in [3.05, 3.63) is 231 Å². The van der Waals surface area contributed by atoms with Crippen molar-refractivity contribution in [1.82, 2.24) is 19.9 Å². The molecule has 0 atom stereocenters. The molecular weight excluding hydrogens is 797 g/mol. The van der Waals surface area contributed by atoms with Crippen molar-refractivity contribution in [3.63, 3.8) is 0 Å². The zero-order valence-corrected chi connectivity index (χ0v) is 35.6. The molecule has 3 heterocycles. The molecule has 9 aromatic carbocycles. The standard InChI is InChI=1S/C58H38N4OSi/c1-4-17-39(18-5-1)56-60-57(62-58(61-56)43-33-34-48-41(35-43)21-15-29-49(48)50-30-16-32-53-55(50)51-28-12-13-31-52(51)63-53)42-22-14-27-47(36-42)64(45-23-6-2-7-24-45,46-25-8-3-9-26-46)54-37-40-19-10-11-20-44(40)38-59-54/h1-38H. The van der Waals surface area contributed by atoms with Crippen LogP contribution >= 0.6 is 0 Å². The highest BCUT2D eigenvalue weighted by Crippen LogP contribution is 2.40. The van der Waals surface area contributed by atoms with Crippen LogP contribution in [0.4, 0.5) is 0 Å². The number of nitrogens with zero attached hydrogens (tertiary/aromatic N) is 4. The Hall–Kier alpha value is -8.32. The molecule has 0 aliphatic rings. The number of furan rings is 1. The number of hydrogen-bond acceptors (Lipinski definition) is 5. The highest BCUT2D eigenvalue weighted by molar-refractivity contribution is 7.19. The first-order chi connectivity index (χ1) is 31.7. The Morgan fingerprint density at radius 1 is 0.344 bits per heavy atom. The van der Waals surface area contributed by atoms with Crippen molar-refractivity contribution in [3.8, 4) is 45.3 Å². The largest absolute Gasteiger partial charge is 0.456 e. The second-order valence-electron chi connectivity index (χ2n) is 16.2. The van der Waals surface area contributed by atoms with E-state index < -0.39 is 8.07 Å². The van der Waals surface area contributed by atoms with E-state index in [0.717, 1.165) is 76.6 Å². The van der Waals surface area contributed by atoms with Crippen LogP contribution in [0.3, 0.4) is 0 Å². The van der Waals surface area contributed by atoms with E-state index in [4.69, 9.17) is 24.4 Å². The number of para-hydroxylation sites is 1. The van der Waals surface area contributed by atoms with Crippen LogP contribution in [-0.2, 0) is 0 Å². The first-order valence-corrected chi connectivity index (χ1v) is 23.5. The lowest BCUT2D eigenvalue weighted by Gasteiger charge is -2.33. The van der Waals surface area contributed by atoms with Crippen molar-refractivity contribution in [2.24, 2.45) is 0 Å². The number of fused-ring (bicyclic) bond motifs is 5. The lowest BCUT2D eigenvalue weighted by molar-refractivity contribution is 0.669. The first-order valence-electron chi connectivity index (χ1n) is 21.5. The quantitative estimate of drug-likeness (QED) is 0.113. The van der Waals surface area contributed by atoms with E-state index in [0.29, 0.717) is 17.5 Å². The monoisotopic (exact) mass is 834 g/mol. The van der Waals surface area contributed by atoms with Gasteiger partial charge in [-0.25, -0.2) is 15.0 Å². The molecular formula is C58H38N4OSi. The van der Waals surface area contributed by atoms with Gasteiger partial charge in [0.05, 0.1) is 0 Å². The number of pyridine rings is 1. The molecule has 5 nitrogen and oxygen atoms in total. The minimum atomic E-state index is -3.02. The van der Waals surface area contributed by atoms with Gasteiger partial charge < -0.3 is 4.42 Å². The zero-order valence-electron chi connectivity index (χ0n) is 34.6. The van der Waals surface area contributed by atoms with Gasteiger partial charge in [0.2, 0.25) is 8.07 Å². The molecule has 6 heteroatoms. The van der Waals surface area contributed by atoms with Crippen LogP contribution in [-0.4, -0.2) is 28.0 Å². The Morgan fingerprint density at radius 2 is 0.891 bits per heavy atom. The van der Waals surface area contributed by atoms with E-state index >= 15 is 0 Å². The van der Waals surface area contributed by atoms with Gasteiger partial charge in [-0.15, -0.1) is 0 Å². The highest BCUT2D eigenvalue weighted by Gasteiger charge is 2.43. The molecule has 12 rings (SSSR count). The van der Waals surface area contributed by atoms with Gasteiger partial charge in [0.15, 0.2) is 17.5 Å². The van der Waals surface area contributed by atoms with E-state index in [-0.39, 0.29) is 0 Å². The van der Waals surface area contributed by atoms with Gasteiger partial charge in [-0.05, 0) is 72.5 Å². The third-order valence-corrected chi connectivity index (χ3v) is 17.1. The summed E-state index contributed by atoms with van der Waals surface area (Å²) in [4.78, 5) is 21.0. The average Bonchev–Trinajstić information content (AvgIpc) is 3.76. The third-order valence-electron chi connectivity index (χ3n) is 12.5. The van der Waals surface area contributed by atoms with Crippen LogP contribution < -0.4 is 20.9 Å². The van der Waals surface area contributed by atoms with E-state index in [2.05, 4.69) is 188 Å². The molecule has 64 heavy (non-hydrogen) atoms. The molecule has 0 saturated heterocycles. The van der Waals surface area contributed by atoms with E-state index in [9.17, 15) is 0 Å². The van der Waals surface area contributed by atoms with E-state index in [1.165, 1.54) is 15.6 Å². The zero-order chi connectivity index (χ0) is 42.5. The Balaban J connectivity index is 1.04. The van der Waals surface area contributed by atoms with Crippen LogP contribution in [0.5, 0.6) is 0 Å². The molecule has 0 aliphatic heterocycles. The van der Waals surface area contributed by atoms with E-state index in [1.54, 1.807) is 0 Å². The van der Waals surface area contributed by atoms with Crippen molar-refractivity contribution < 1.29 is 4.42 Å². The smallest absolute Gasteiger partial charge is 0.201 e. The fourth-order valence-corrected chi connectivity index (χ4v) is 14.1. The van der Waals surface area contributed by atoms with Gasteiger partial charge >= 0.3 is 0 Å². The highest BCUT2D eigenvalue weighted by atomic mass is 28.3. The van der Waals surface area contributed by atoms with Gasteiger partial charge in [0.25, 0.3) is 0 Å². The number of hydrogen-bond donors (Lipinski definition) is 0. The average molecular weight is 835 g/mol. The van der Waals surface area contributed by atoms with Gasteiger partial charge in [-0.3, -0.25) is 4.98 Å². The summed E-state index contributed by atoms with van der Waals surface area (Å²) in [5.74, 6) is 1.83. The molecule has 0 N–H and O–H groups in total. The Bertz CT molecular complexity index is 3650. The summed E-state index contributed by atoms with van der Waals surface area (Å²) in [7, 11) is -3.02. The minimum absolute atomic E-state index is 0.605. The maximum Gasteiger partial charge on any atom is 0.201 e. The summed E-state index contributed by atoms with van der Waals surface area (Å²) >= 11 is 0. The van der Waals surface area contributed by atoms with Gasteiger partial charge in [-0.2, -0.15) is 0 Å². The summed E-state index contributed by atoms with van der Waals surface area (Å²) in [5.41, 5.74) is 6.78. The maximum atomic E-state index is 6.28. The van der Waals surface area contributed by atoms with Crippen LogP contribution in [0.2, 0.25) is 0 Å². The van der Waals surface area contributed by atoms with Crippen molar-refractivity contribution in [2.45, 2.75) is 0 Å². The normalized spacial score (nSPS) is 11.8. The van der Waals surface area contributed by atoms with Gasteiger partial charge in [0.1, 0.15) is 11.2 Å². The predicted octanol–water partition coefficient (Wildman–Crippen LogP) is 11.5. The summed E-state index contributed by atoms with van der Waals surface area (Å²) in [5, 5.41) is 11.5. The SMILES string of the molecule is c1ccc(-c2nc(-c3cccc([Si](c4ccccc4)(c4ccccc4)c4cc5ccccc5cn4)c3)nc(-c3ccc4c(-c5cccc6oc7ccccc7c56)cccc4c3)n2)cc1. The van der Waals surface area contributed by atoms with Crippen LogP contribution in [0.25, 0.3) is 88.8 Å². The Kier molecular flexibility index (Phi) is 9.09. The predicted molar refractivity (Wildman–Crippen MR) is 265 cm³/mol. The Labute approximate surface area is 371 Å². The molecule has 0 spiro atoms. The van der Waals surface area contributed by atoms with Crippen LogP contribution in [0.1, 0.15) is 0 Å². The van der Waals surface area contributed by atoms with Crippen molar-refractivity contribution in [2.75, 3.05) is 0 Å². The molecule has 0 fully saturated rings.